The molecule has 0 fully saturated rings. The molecular formula is C18H21ClN2. The molecule has 0 aliphatic carbocycles. The lowest BCUT2D eigenvalue weighted by molar-refractivity contribution is 0.552. The standard InChI is InChI=1S/C18H21ClN2/c1-4-21(3)13-20-17-11-14(2)10-16(18(17)19)12-15-8-6-5-7-9-15/h5-11,13H,4,12H2,1-3H3/b20-13-. The van der Waals surface area contributed by atoms with Crippen LogP contribution < -0.4 is 0 Å². The molecule has 0 unspecified atom stereocenters. The molecule has 0 saturated carbocycles. The van der Waals surface area contributed by atoms with Gasteiger partial charge in [0.15, 0.2) is 0 Å². The molecule has 2 aromatic carbocycles. The molecule has 0 N–H and O–H groups in total. The van der Waals surface area contributed by atoms with Gasteiger partial charge in [0.25, 0.3) is 0 Å². The highest BCUT2D eigenvalue weighted by Gasteiger charge is 2.08. The van der Waals surface area contributed by atoms with Gasteiger partial charge in [0.2, 0.25) is 0 Å². The average Bonchev–Trinajstić information content (AvgIpc) is 2.49. The Bertz CT molecular complexity index is 621. The molecule has 2 rings (SSSR count). The summed E-state index contributed by atoms with van der Waals surface area (Å²) in [4.78, 5) is 6.53. The van der Waals surface area contributed by atoms with E-state index in [-0.39, 0.29) is 0 Å². The van der Waals surface area contributed by atoms with Crippen LogP contribution in [0.5, 0.6) is 0 Å². The zero-order chi connectivity index (χ0) is 15.2. The van der Waals surface area contributed by atoms with E-state index in [4.69, 9.17) is 11.6 Å². The first-order valence-corrected chi connectivity index (χ1v) is 7.55. The average molecular weight is 301 g/mol. The van der Waals surface area contributed by atoms with Crippen LogP contribution in [0.1, 0.15) is 23.6 Å². The Hall–Kier alpha value is -1.80. The normalized spacial score (nSPS) is 11.0. The van der Waals surface area contributed by atoms with E-state index in [1.807, 2.05) is 42.6 Å². The summed E-state index contributed by atoms with van der Waals surface area (Å²) in [6, 6.07) is 14.5. The van der Waals surface area contributed by atoms with Gasteiger partial charge in [0, 0.05) is 13.6 Å². The lowest BCUT2D eigenvalue weighted by Crippen LogP contribution is -2.14. The first-order chi connectivity index (χ1) is 10.1. The molecule has 0 atom stereocenters. The molecule has 110 valence electrons. The third-order valence-electron chi connectivity index (χ3n) is 3.40. The maximum Gasteiger partial charge on any atom is 0.0910 e. The monoisotopic (exact) mass is 300 g/mol. The van der Waals surface area contributed by atoms with Crippen molar-refractivity contribution in [1.82, 2.24) is 4.90 Å². The molecule has 0 aromatic heterocycles. The van der Waals surface area contributed by atoms with Crippen LogP contribution in [-0.4, -0.2) is 24.8 Å². The zero-order valence-corrected chi connectivity index (χ0v) is 13.6. The fraction of sp³-hybridized carbons (Fsp3) is 0.278. The minimum absolute atomic E-state index is 0.741. The van der Waals surface area contributed by atoms with Crippen LogP contribution in [0.3, 0.4) is 0 Å². The van der Waals surface area contributed by atoms with Crippen LogP contribution in [0.4, 0.5) is 5.69 Å². The molecule has 0 amide bonds. The second kappa shape index (κ2) is 7.28. The summed E-state index contributed by atoms with van der Waals surface area (Å²) < 4.78 is 0. The van der Waals surface area contributed by atoms with E-state index >= 15 is 0 Å². The van der Waals surface area contributed by atoms with Crippen molar-refractivity contribution >= 4 is 23.6 Å². The number of aliphatic imine (C=N–C) groups is 1. The molecule has 0 bridgehead atoms. The van der Waals surface area contributed by atoms with Crippen molar-refractivity contribution in [3.05, 3.63) is 64.2 Å². The lowest BCUT2D eigenvalue weighted by Gasteiger charge is -2.11. The van der Waals surface area contributed by atoms with E-state index < -0.39 is 0 Å². The van der Waals surface area contributed by atoms with Crippen molar-refractivity contribution in [1.29, 1.82) is 0 Å². The predicted octanol–water partition coefficient (Wildman–Crippen LogP) is 4.85. The Labute approximate surface area is 132 Å². The smallest absolute Gasteiger partial charge is 0.0910 e. The van der Waals surface area contributed by atoms with E-state index in [1.54, 1.807) is 0 Å². The number of nitrogens with zero attached hydrogens (tertiary/aromatic N) is 2. The molecule has 2 nitrogen and oxygen atoms in total. The second-order valence-electron chi connectivity index (χ2n) is 5.24. The zero-order valence-electron chi connectivity index (χ0n) is 12.8. The molecule has 0 heterocycles. The van der Waals surface area contributed by atoms with Crippen molar-refractivity contribution in [2.24, 2.45) is 4.99 Å². The third-order valence-corrected chi connectivity index (χ3v) is 3.84. The minimum atomic E-state index is 0.741. The fourth-order valence-electron chi connectivity index (χ4n) is 2.10. The number of rotatable bonds is 5. The highest BCUT2D eigenvalue weighted by atomic mass is 35.5. The number of aryl methyl sites for hydroxylation is 1. The first kappa shape index (κ1) is 15.6. The molecular weight excluding hydrogens is 280 g/mol. The highest BCUT2D eigenvalue weighted by Crippen LogP contribution is 2.31. The van der Waals surface area contributed by atoms with Gasteiger partial charge in [-0.2, -0.15) is 0 Å². The van der Waals surface area contributed by atoms with Gasteiger partial charge >= 0.3 is 0 Å². The number of hydrogen-bond donors (Lipinski definition) is 0. The van der Waals surface area contributed by atoms with Gasteiger partial charge in [-0.15, -0.1) is 0 Å². The maximum atomic E-state index is 6.53. The van der Waals surface area contributed by atoms with Gasteiger partial charge in [-0.1, -0.05) is 48.0 Å². The SMILES string of the molecule is CCN(C)/C=N\c1cc(C)cc(Cc2ccccc2)c1Cl. The van der Waals surface area contributed by atoms with Gasteiger partial charge in [-0.05, 0) is 43.0 Å². The van der Waals surface area contributed by atoms with Crippen molar-refractivity contribution < 1.29 is 0 Å². The van der Waals surface area contributed by atoms with Gasteiger partial charge < -0.3 is 4.90 Å². The van der Waals surface area contributed by atoms with Crippen LogP contribution >= 0.6 is 11.6 Å². The van der Waals surface area contributed by atoms with Crippen LogP contribution in [0.25, 0.3) is 0 Å². The molecule has 0 aliphatic heterocycles. The van der Waals surface area contributed by atoms with Crippen LogP contribution in [0.2, 0.25) is 5.02 Å². The van der Waals surface area contributed by atoms with E-state index in [1.165, 1.54) is 11.1 Å². The summed E-state index contributed by atoms with van der Waals surface area (Å²) in [5.74, 6) is 0. The fourth-order valence-corrected chi connectivity index (χ4v) is 2.33. The van der Waals surface area contributed by atoms with Gasteiger partial charge in [-0.3, -0.25) is 0 Å². The number of halogens is 1. The second-order valence-corrected chi connectivity index (χ2v) is 5.62. The van der Waals surface area contributed by atoms with Crippen LogP contribution in [0, 0.1) is 6.92 Å². The van der Waals surface area contributed by atoms with E-state index in [0.717, 1.165) is 29.2 Å². The summed E-state index contributed by atoms with van der Waals surface area (Å²) in [5.41, 5.74) is 4.39. The van der Waals surface area contributed by atoms with E-state index in [9.17, 15) is 0 Å². The minimum Gasteiger partial charge on any atom is -0.366 e. The van der Waals surface area contributed by atoms with Crippen molar-refractivity contribution in [2.45, 2.75) is 20.3 Å². The molecule has 2 aromatic rings. The summed E-state index contributed by atoms with van der Waals surface area (Å²) in [7, 11) is 2.00. The summed E-state index contributed by atoms with van der Waals surface area (Å²) in [6.07, 6.45) is 2.65. The highest BCUT2D eigenvalue weighted by molar-refractivity contribution is 6.33. The molecule has 0 aliphatic rings. The van der Waals surface area contributed by atoms with Crippen LogP contribution in [-0.2, 0) is 6.42 Å². The maximum absolute atomic E-state index is 6.53. The summed E-state index contributed by atoms with van der Waals surface area (Å²) >= 11 is 6.53. The van der Waals surface area contributed by atoms with Crippen molar-refractivity contribution in [3.8, 4) is 0 Å². The van der Waals surface area contributed by atoms with Crippen molar-refractivity contribution in [3.63, 3.8) is 0 Å². The molecule has 0 radical (unpaired) electrons. The van der Waals surface area contributed by atoms with Crippen molar-refractivity contribution in [2.75, 3.05) is 13.6 Å². The quantitative estimate of drug-likeness (QED) is 0.569. The molecule has 3 heteroatoms. The van der Waals surface area contributed by atoms with Crippen LogP contribution in [0.15, 0.2) is 47.5 Å². The Morgan fingerprint density at radius 1 is 1.19 bits per heavy atom. The molecule has 0 saturated heterocycles. The summed E-state index contributed by atoms with van der Waals surface area (Å²) in [6.45, 7) is 5.09. The van der Waals surface area contributed by atoms with Gasteiger partial charge in [-0.25, -0.2) is 4.99 Å². The topological polar surface area (TPSA) is 15.6 Å². The van der Waals surface area contributed by atoms with E-state index in [0.29, 0.717) is 0 Å². The predicted molar refractivity (Wildman–Crippen MR) is 91.9 cm³/mol. The lowest BCUT2D eigenvalue weighted by atomic mass is 10.0. The van der Waals surface area contributed by atoms with Gasteiger partial charge in [0.1, 0.15) is 0 Å². The first-order valence-electron chi connectivity index (χ1n) is 7.17. The molecule has 0 spiro atoms. The Kier molecular flexibility index (Phi) is 5.40. The third kappa shape index (κ3) is 4.33. The Morgan fingerprint density at radius 3 is 2.57 bits per heavy atom. The Morgan fingerprint density at radius 2 is 1.90 bits per heavy atom. The summed E-state index contributed by atoms with van der Waals surface area (Å²) in [5, 5.41) is 0.741. The molecule has 21 heavy (non-hydrogen) atoms. The van der Waals surface area contributed by atoms with Gasteiger partial charge in [0.05, 0.1) is 17.0 Å². The Balaban J connectivity index is 2.30. The number of hydrogen-bond acceptors (Lipinski definition) is 1. The number of benzene rings is 2. The van der Waals surface area contributed by atoms with E-state index in [2.05, 4.69) is 37.0 Å². The largest absolute Gasteiger partial charge is 0.366 e.